The molecular formula is C10H18F3N3O2. The Kier molecular flexibility index (Phi) is 4.80. The fraction of sp³-hybridized carbons (Fsp3) is 0.900. The number of ether oxygens (including phenoxy) is 1. The first-order chi connectivity index (χ1) is 8.25. The molecule has 1 aliphatic rings. The molecule has 1 saturated heterocycles. The molecule has 106 valence electrons. The summed E-state index contributed by atoms with van der Waals surface area (Å²) in [6, 6.07) is -3.02. The second-order valence-electron chi connectivity index (χ2n) is 4.46. The normalized spacial score (nSPS) is 24.7. The molecule has 1 rings (SSSR count). The molecule has 0 spiro atoms. The SMILES string of the molecule is COC(=O)NC1CCN(C(C(C)N)C(F)(F)F)C1. The molecule has 1 aliphatic heterocycles. The zero-order valence-corrected chi connectivity index (χ0v) is 10.3. The van der Waals surface area contributed by atoms with Gasteiger partial charge in [-0.2, -0.15) is 13.2 Å². The molecule has 0 aromatic rings. The zero-order chi connectivity index (χ0) is 13.9. The highest BCUT2D eigenvalue weighted by atomic mass is 19.4. The van der Waals surface area contributed by atoms with Crippen molar-refractivity contribution in [2.24, 2.45) is 5.73 Å². The van der Waals surface area contributed by atoms with Crippen molar-refractivity contribution < 1.29 is 22.7 Å². The van der Waals surface area contributed by atoms with Crippen LogP contribution in [0.5, 0.6) is 0 Å². The lowest BCUT2D eigenvalue weighted by Crippen LogP contribution is -2.54. The second-order valence-corrected chi connectivity index (χ2v) is 4.46. The van der Waals surface area contributed by atoms with Crippen LogP contribution in [0.4, 0.5) is 18.0 Å². The van der Waals surface area contributed by atoms with Crippen LogP contribution in [-0.2, 0) is 4.74 Å². The van der Waals surface area contributed by atoms with E-state index in [1.165, 1.54) is 18.9 Å². The Hall–Kier alpha value is -1.02. The Labute approximate surface area is 103 Å². The van der Waals surface area contributed by atoms with E-state index >= 15 is 0 Å². The third-order valence-electron chi connectivity index (χ3n) is 2.95. The summed E-state index contributed by atoms with van der Waals surface area (Å²) >= 11 is 0. The molecule has 8 heteroatoms. The van der Waals surface area contributed by atoms with Crippen molar-refractivity contribution in [2.75, 3.05) is 20.2 Å². The summed E-state index contributed by atoms with van der Waals surface area (Å²) in [5.74, 6) is 0. The summed E-state index contributed by atoms with van der Waals surface area (Å²) in [5.41, 5.74) is 5.40. The van der Waals surface area contributed by atoms with Gasteiger partial charge >= 0.3 is 12.3 Å². The van der Waals surface area contributed by atoms with Crippen LogP contribution in [0.15, 0.2) is 0 Å². The second kappa shape index (κ2) is 5.75. The molecular weight excluding hydrogens is 251 g/mol. The molecule has 3 N–H and O–H groups in total. The molecule has 0 aliphatic carbocycles. The monoisotopic (exact) mass is 269 g/mol. The Balaban J connectivity index is 2.61. The zero-order valence-electron chi connectivity index (χ0n) is 10.3. The van der Waals surface area contributed by atoms with Gasteiger partial charge in [-0.05, 0) is 13.3 Å². The fourth-order valence-electron chi connectivity index (χ4n) is 2.22. The van der Waals surface area contributed by atoms with Crippen molar-refractivity contribution in [1.29, 1.82) is 0 Å². The predicted molar refractivity (Wildman–Crippen MR) is 59.0 cm³/mol. The summed E-state index contributed by atoms with van der Waals surface area (Å²) in [6.45, 7) is 1.71. The average Bonchev–Trinajstić information content (AvgIpc) is 2.63. The Bertz CT molecular complexity index is 297. The van der Waals surface area contributed by atoms with Gasteiger partial charge in [-0.15, -0.1) is 0 Å². The van der Waals surface area contributed by atoms with Gasteiger partial charge in [-0.25, -0.2) is 4.79 Å². The van der Waals surface area contributed by atoms with Crippen molar-refractivity contribution >= 4 is 6.09 Å². The van der Waals surface area contributed by atoms with Gasteiger partial charge in [0.15, 0.2) is 0 Å². The number of carbonyl (C=O) groups is 1. The lowest BCUT2D eigenvalue weighted by molar-refractivity contribution is -0.185. The first kappa shape index (κ1) is 15.0. The Morgan fingerprint density at radius 2 is 2.17 bits per heavy atom. The summed E-state index contributed by atoms with van der Waals surface area (Å²) in [7, 11) is 1.21. The molecule has 0 bridgehead atoms. The maximum Gasteiger partial charge on any atom is 0.407 e. The highest BCUT2D eigenvalue weighted by Gasteiger charge is 2.47. The van der Waals surface area contributed by atoms with Gasteiger partial charge in [0.1, 0.15) is 6.04 Å². The standard InChI is InChI=1S/C10H18F3N3O2/c1-6(14)8(10(11,12)13)16-4-3-7(5-16)15-9(17)18-2/h6-8H,3-5,14H2,1-2H3,(H,15,17). The fourth-order valence-corrected chi connectivity index (χ4v) is 2.22. The van der Waals surface area contributed by atoms with Crippen LogP contribution in [0.3, 0.4) is 0 Å². The van der Waals surface area contributed by atoms with Crippen LogP contribution in [0.25, 0.3) is 0 Å². The quantitative estimate of drug-likeness (QED) is 0.791. The molecule has 0 saturated carbocycles. The van der Waals surface area contributed by atoms with E-state index in [-0.39, 0.29) is 19.1 Å². The molecule has 0 aromatic heterocycles. The number of hydrogen-bond acceptors (Lipinski definition) is 4. The number of rotatable bonds is 3. The predicted octanol–water partition coefficient (Wildman–Crippen LogP) is 0.695. The molecule has 1 heterocycles. The van der Waals surface area contributed by atoms with E-state index in [1.54, 1.807) is 0 Å². The number of methoxy groups -OCH3 is 1. The van der Waals surface area contributed by atoms with Crippen molar-refractivity contribution in [3.05, 3.63) is 0 Å². The van der Waals surface area contributed by atoms with E-state index in [0.717, 1.165) is 0 Å². The number of alkyl halides is 3. The average molecular weight is 269 g/mol. The molecule has 1 fully saturated rings. The van der Waals surface area contributed by atoms with E-state index in [2.05, 4.69) is 10.1 Å². The van der Waals surface area contributed by atoms with Crippen LogP contribution in [0.2, 0.25) is 0 Å². The van der Waals surface area contributed by atoms with Gasteiger partial charge in [0.05, 0.1) is 7.11 Å². The highest BCUT2D eigenvalue weighted by molar-refractivity contribution is 5.67. The number of nitrogens with one attached hydrogen (secondary N) is 1. The molecule has 18 heavy (non-hydrogen) atoms. The number of alkyl carbamates (subject to hydrolysis) is 1. The van der Waals surface area contributed by atoms with Gasteiger partial charge in [-0.1, -0.05) is 0 Å². The van der Waals surface area contributed by atoms with Gasteiger partial charge in [-0.3, -0.25) is 4.90 Å². The smallest absolute Gasteiger partial charge is 0.407 e. The largest absolute Gasteiger partial charge is 0.453 e. The number of nitrogens with two attached hydrogens (primary N) is 1. The third kappa shape index (κ3) is 3.74. The number of likely N-dealkylation sites (tertiary alicyclic amines) is 1. The minimum Gasteiger partial charge on any atom is -0.453 e. The maximum atomic E-state index is 12.8. The molecule has 3 unspecified atom stereocenters. The van der Waals surface area contributed by atoms with E-state index in [0.29, 0.717) is 6.42 Å². The number of nitrogens with zero attached hydrogens (tertiary/aromatic N) is 1. The van der Waals surface area contributed by atoms with Crippen LogP contribution >= 0.6 is 0 Å². The van der Waals surface area contributed by atoms with Crippen LogP contribution in [0.1, 0.15) is 13.3 Å². The van der Waals surface area contributed by atoms with E-state index < -0.39 is 24.4 Å². The maximum absolute atomic E-state index is 12.8. The van der Waals surface area contributed by atoms with Crippen molar-refractivity contribution in [2.45, 2.75) is 37.6 Å². The lowest BCUT2D eigenvalue weighted by Gasteiger charge is -2.32. The van der Waals surface area contributed by atoms with Gasteiger partial charge < -0.3 is 15.8 Å². The lowest BCUT2D eigenvalue weighted by atomic mass is 10.1. The first-order valence-corrected chi connectivity index (χ1v) is 5.66. The number of amides is 1. The van der Waals surface area contributed by atoms with Gasteiger partial charge in [0.2, 0.25) is 0 Å². The third-order valence-corrected chi connectivity index (χ3v) is 2.95. The summed E-state index contributed by atoms with van der Waals surface area (Å²) < 4.78 is 42.9. The van der Waals surface area contributed by atoms with Crippen molar-refractivity contribution in [3.63, 3.8) is 0 Å². The van der Waals surface area contributed by atoms with Gasteiger partial charge in [0.25, 0.3) is 0 Å². The van der Waals surface area contributed by atoms with Crippen LogP contribution in [0, 0.1) is 0 Å². The van der Waals surface area contributed by atoms with Crippen molar-refractivity contribution in [3.8, 4) is 0 Å². The summed E-state index contributed by atoms with van der Waals surface area (Å²) in [5, 5.41) is 2.49. The molecule has 0 radical (unpaired) electrons. The minimum absolute atomic E-state index is 0.126. The summed E-state index contributed by atoms with van der Waals surface area (Å²) in [6.07, 6.45) is -4.55. The highest BCUT2D eigenvalue weighted by Crippen LogP contribution is 2.29. The van der Waals surface area contributed by atoms with E-state index in [4.69, 9.17) is 5.73 Å². The van der Waals surface area contributed by atoms with E-state index in [9.17, 15) is 18.0 Å². The van der Waals surface area contributed by atoms with Crippen LogP contribution < -0.4 is 11.1 Å². The topological polar surface area (TPSA) is 67.6 Å². The molecule has 1 amide bonds. The van der Waals surface area contributed by atoms with Gasteiger partial charge in [0, 0.05) is 25.2 Å². The van der Waals surface area contributed by atoms with Crippen LogP contribution in [-0.4, -0.2) is 55.5 Å². The Morgan fingerprint density at radius 3 is 2.61 bits per heavy atom. The molecule has 0 aromatic carbocycles. The number of carbonyl (C=O) groups excluding carboxylic acids is 1. The van der Waals surface area contributed by atoms with Crippen molar-refractivity contribution in [1.82, 2.24) is 10.2 Å². The minimum atomic E-state index is -4.37. The Morgan fingerprint density at radius 1 is 1.56 bits per heavy atom. The first-order valence-electron chi connectivity index (χ1n) is 5.66. The molecule has 3 atom stereocenters. The molecule has 5 nitrogen and oxygen atoms in total. The summed E-state index contributed by atoms with van der Waals surface area (Å²) in [4.78, 5) is 12.2. The van der Waals surface area contributed by atoms with E-state index in [1.807, 2.05) is 0 Å². The number of halogens is 3. The number of hydrogen-bond donors (Lipinski definition) is 2.